The Bertz CT molecular complexity index is 1120. The van der Waals surface area contributed by atoms with E-state index in [1.165, 1.54) is 18.2 Å². The molecule has 27 heavy (non-hydrogen) atoms. The molecule has 2 heterocycles. The monoisotopic (exact) mass is 369 g/mol. The van der Waals surface area contributed by atoms with E-state index in [0.29, 0.717) is 17.3 Å². The van der Waals surface area contributed by atoms with Crippen molar-refractivity contribution >= 4 is 22.5 Å². The third-order valence-electron chi connectivity index (χ3n) is 4.04. The van der Waals surface area contributed by atoms with E-state index >= 15 is 0 Å². The van der Waals surface area contributed by atoms with Crippen LogP contribution in [0.4, 0.5) is 24.8 Å². The summed E-state index contributed by atoms with van der Waals surface area (Å²) >= 11 is 0. The molecule has 2 aromatic carbocycles. The maximum absolute atomic E-state index is 13.3. The van der Waals surface area contributed by atoms with E-state index in [1.807, 2.05) is 24.3 Å². The Morgan fingerprint density at radius 3 is 2.52 bits per heavy atom. The predicted molar refractivity (Wildman–Crippen MR) is 96.6 cm³/mol. The van der Waals surface area contributed by atoms with E-state index in [2.05, 4.69) is 25.5 Å². The van der Waals surface area contributed by atoms with Gasteiger partial charge in [0.1, 0.15) is 5.82 Å². The Kier molecular flexibility index (Phi) is 4.02. The van der Waals surface area contributed by atoms with Gasteiger partial charge in [-0.25, -0.2) is 9.97 Å². The average Bonchev–Trinajstić information content (AvgIpc) is 3.04. The van der Waals surface area contributed by atoms with Crippen LogP contribution in [0.2, 0.25) is 0 Å². The smallest absolute Gasteiger partial charge is 0.323 e. The van der Waals surface area contributed by atoms with Crippen molar-refractivity contribution in [2.45, 2.75) is 13.1 Å². The number of nitrogens with one attached hydrogen (secondary N) is 2. The van der Waals surface area contributed by atoms with Gasteiger partial charge in [-0.2, -0.15) is 18.3 Å². The summed E-state index contributed by atoms with van der Waals surface area (Å²) in [5.41, 5.74) is 0.545. The summed E-state index contributed by atoms with van der Waals surface area (Å²) in [6.07, 6.45) is -4.49. The molecular formula is C19H14F3N5. The van der Waals surface area contributed by atoms with Crippen LogP contribution in [-0.2, 0) is 6.18 Å². The van der Waals surface area contributed by atoms with Crippen molar-refractivity contribution in [2.75, 3.05) is 5.32 Å². The lowest BCUT2D eigenvalue weighted by Gasteiger charge is -2.13. The van der Waals surface area contributed by atoms with Gasteiger partial charge in [0.2, 0.25) is 0 Å². The highest BCUT2D eigenvalue weighted by molar-refractivity contribution is 5.91. The highest BCUT2D eigenvalue weighted by atomic mass is 19.4. The zero-order valence-electron chi connectivity index (χ0n) is 14.2. The maximum Gasteiger partial charge on any atom is 0.417 e. The lowest BCUT2D eigenvalue weighted by atomic mass is 10.1. The molecule has 0 saturated carbocycles. The average molecular weight is 369 g/mol. The molecule has 136 valence electrons. The van der Waals surface area contributed by atoms with Crippen molar-refractivity contribution in [3.8, 4) is 11.4 Å². The first kappa shape index (κ1) is 17.0. The van der Waals surface area contributed by atoms with Crippen LogP contribution in [0.15, 0.2) is 54.6 Å². The van der Waals surface area contributed by atoms with Gasteiger partial charge in [0, 0.05) is 22.7 Å². The fourth-order valence-corrected chi connectivity index (χ4v) is 2.86. The number of nitrogens with zero attached hydrogens (tertiary/aromatic N) is 3. The quantitative estimate of drug-likeness (QED) is 0.528. The first-order valence-electron chi connectivity index (χ1n) is 8.14. The van der Waals surface area contributed by atoms with Crippen molar-refractivity contribution in [2.24, 2.45) is 0 Å². The zero-order chi connectivity index (χ0) is 19.0. The molecule has 0 aliphatic carbocycles. The molecule has 4 rings (SSSR count). The number of H-pyrrole nitrogens is 1. The van der Waals surface area contributed by atoms with Crippen molar-refractivity contribution in [1.29, 1.82) is 0 Å². The summed E-state index contributed by atoms with van der Waals surface area (Å²) in [7, 11) is 0. The second-order valence-corrected chi connectivity index (χ2v) is 6.00. The topological polar surface area (TPSA) is 66.5 Å². The summed E-state index contributed by atoms with van der Waals surface area (Å²) in [6, 6.07) is 14.4. The van der Waals surface area contributed by atoms with E-state index < -0.39 is 11.7 Å². The predicted octanol–water partition coefficient (Wildman–Crippen LogP) is 5.09. The number of alkyl halides is 3. The van der Waals surface area contributed by atoms with Crippen LogP contribution in [0.5, 0.6) is 0 Å². The number of hydrogen-bond donors (Lipinski definition) is 2. The molecule has 0 bridgehead atoms. The number of hydrogen-bond acceptors (Lipinski definition) is 4. The number of halogens is 3. The number of aryl methyl sites for hydroxylation is 1. The highest BCUT2D eigenvalue weighted by Gasteiger charge is 2.34. The van der Waals surface area contributed by atoms with E-state index in [-0.39, 0.29) is 11.4 Å². The minimum Gasteiger partial charge on any atom is -0.323 e. The van der Waals surface area contributed by atoms with Crippen LogP contribution in [0.1, 0.15) is 11.3 Å². The van der Waals surface area contributed by atoms with Crippen LogP contribution in [-0.4, -0.2) is 20.2 Å². The van der Waals surface area contributed by atoms with Gasteiger partial charge in [0.05, 0.1) is 11.1 Å². The lowest BCUT2D eigenvalue weighted by molar-refractivity contribution is -0.137. The Labute approximate surface area is 152 Å². The summed E-state index contributed by atoms with van der Waals surface area (Å²) in [5, 5.41) is 11.0. The molecule has 0 amide bonds. The molecular weight excluding hydrogens is 355 g/mol. The van der Waals surface area contributed by atoms with Crippen molar-refractivity contribution in [1.82, 2.24) is 20.2 Å². The van der Waals surface area contributed by atoms with Crippen LogP contribution >= 0.6 is 0 Å². The standard InChI is InChI=1S/C19H14F3N5/c1-11-10-16(25-18-13-7-3-5-9-15(13)26-27-18)24-17(23-11)12-6-2-4-8-14(12)19(20,21)22/h2-10H,1H3,(H2,23,24,25,26,27). The van der Waals surface area contributed by atoms with Crippen molar-refractivity contribution in [3.63, 3.8) is 0 Å². The van der Waals surface area contributed by atoms with Gasteiger partial charge in [-0.1, -0.05) is 30.3 Å². The van der Waals surface area contributed by atoms with E-state index in [1.54, 1.807) is 13.0 Å². The van der Waals surface area contributed by atoms with Gasteiger partial charge < -0.3 is 5.32 Å². The summed E-state index contributed by atoms with van der Waals surface area (Å²) in [6.45, 7) is 1.70. The highest BCUT2D eigenvalue weighted by Crippen LogP contribution is 2.36. The van der Waals surface area contributed by atoms with Crippen LogP contribution in [0.25, 0.3) is 22.3 Å². The first-order valence-corrected chi connectivity index (χ1v) is 8.14. The molecule has 2 aromatic heterocycles. The molecule has 0 spiro atoms. The van der Waals surface area contributed by atoms with Gasteiger partial charge in [-0.15, -0.1) is 0 Å². The van der Waals surface area contributed by atoms with Crippen LogP contribution in [0, 0.1) is 6.92 Å². The maximum atomic E-state index is 13.3. The summed E-state index contributed by atoms with van der Waals surface area (Å²) in [5.74, 6) is 0.913. The molecule has 0 saturated heterocycles. The van der Waals surface area contributed by atoms with Gasteiger partial charge >= 0.3 is 6.18 Å². The Hall–Kier alpha value is -3.42. The number of aromatic nitrogens is 4. The van der Waals surface area contributed by atoms with Crippen LogP contribution in [0.3, 0.4) is 0 Å². The minimum atomic E-state index is -4.49. The number of benzene rings is 2. The first-order chi connectivity index (χ1) is 12.9. The van der Waals surface area contributed by atoms with Crippen molar-refractivity contribution < 1.29 is 13.2 Å². The lowest BCUT2D eigenvalue weighted by Crippen LogP contribution is -2.09. The molecule has 8 heteroatoms. The van der Waals surface area contributed by atoms with Crippen molar-refractivity contribution in [3.05, 3.63) is 65.9 Å². The Balaban J connectivity index is 1.77. The molecule has 4 aromatic rings. The fourth-order valence-electron chi connectivity index (χ4n) is 2.86. The normalized spacial score (nSPS) is 11.7. The number of rotatable bonds is 3. The largest absolute Gasteiger partial charge is 0.417 e. The molecule has 2 N–H and O–H groups in total. The van der Waals surface area contributed by atoms with Gasteiger partial charge in [-0.05, 0) is 25.1 Å². The molecule has 0 aliphatic heterocycles. The van der Waals surface area contributed by atoms with Gasteiger partial charge in [0.25, 0.3) is 0 Å². The third-order valence-corrected chi connectivity index (χ3v) is 4.04. The van der Waals surface area contributed by atoms with E-state index in [9.17, 15) is 13.2 Å². The number of anilines is 2. The molecule has 0 atom stereocenters. The second kappa shape index (κ2) is 6.39. The number of aromatic amines is 1. The fraction of sp³-hybridized carbons (Fsp3) is 0.105. The second-order valence-electron chi connectivity index (χ2n) is 6.00. The van der Waals surface area contributed by atoms with E-state index in [4.69, 9.17) is 0 Å². The van der Waals surface area contributed by atoms with Crippen LogP contribution < -0.4 is 5.32 Å². The third kappa shape index (κ3) is 3.33. The summed E-state index contributed by atoms with van der Waals surface area (Å²) < 4.78 is 40.0. The zero-order valence-corrected chi connectivity index (χ0v) is 14.2. The SMILES string of the molecule is Cc1cc(Nc2n[nH]c3ccccc23)nc(-c2ccccc2C(F)(F)F)n1. The molecule has 0 radical (unpaired) electrons. The van der Waals surface area contributed by atoms with Gasteiger partial charge in [-0.3, -0.25) is 5.10 Å². The van der Waals surface area contributed by atoms with E-state index in [0.717, 1.165) is 17.0 Å². The molecule has 0 aliphatic rings. The molecule has 0 fully saturated rings. The number of fused-ring (bicyclic) bond motifs is 1. The Morgan fingerprint density at radius 2 is 1.70 bits per heavy atom. The molecule has 5 nitrogen and oxygen atoms in total. The minimum absolute atomic E-state index is 0.00488. The molecule has 0 unspecified atom stereocenters. The summed E-state index contributed by atoms with van der Waals surface area (Å²) in [4.78, 5) is 8.47. The van der Waals surface area contributed by atoms with Gasteiger partial charge in [0.15, 0.2) is 11.6 Å². The number of para-hydroxylation sites is 1. The Morgan fingerprint density at radius 1 is 0.963 bits per heavy atom.